The van der Waals surface area contributed by atoms with Crippen LogP contribution < -0.4 is 0 Å². The average Bonchev–Trinajstić information content (AvgIpc) is 2.86. The van der Waals surface area contributed by atoms with Crippen molar-refractivity contribution in [2.45, 2.75) is 64.3 Å². The second-order valence-electron chi connectivity index (χ2n) is 5.57. The minimum Gasteiger partial charge on any atom is -0.375 e. The first kappa shape index (κ1) is 14.9. The van der Waals surface area contributed by atoms with Gasteiger partial charge in [-0.1, -0.05) is 12.8 Å². The minimum absolute atomic E-state index is 0.0262. The van der Waals surface area contributed by atoms with Crippen molar-refractivity contribution in [1.29, 1.82) is 0 Å². The van der Waals surface area contributed by atoms with Crippen LogP contribution in [0.25, 0.3) is 0 Å². The number of ether oxygens (including phenoxy) is 3. The van der Waals surface area contributed by atoms with Crippen LogP contribution in [0.4, 0.5) is 0 Å². The molecule has 0 N–H and O–H groups in total. The van der Waals surface area contributed by atoms with Crippen LogP contribution in [0.2, 0.25) is 0 Å². The molecule has 1 saturated heterocycles. The average molecular weight is 270 g/mol. The van der Waals surface area contributed by atoms with Crippen LogP contribution in [-0.4, -0.2) is 37.5 Å². The van der Waals surface area contributed by atoms with E-state index >= 15 is 0 Å². The standard InChI is InChI=1S/C15H26O4/c1-3-17-14(18-4-2)13(16)12-7-10-19-15(11-12)8-5-6-9-15/h12,14H,3-11H2,1-2H3. The molecule has 0 amide bonds. The lowest BCUT2D eigenvalue weighted by Crippen LogP contribution is -2.43. The fourth-order valence-corrected chi connectivity index (χ4v) is 3.35. The summed E-state index contributed by atoms with van der Waals surface area (Å²) in [5.41, 5.74) is -0.0262. The van der Waals surface area contributed by atoms with Gasteiger partial charge in [0.25, 0.3) is 0 Å². The number of carbonyl (C=O) groups excluding carboxylic acids is 1. The molecule has 0 radical (unpaired) electrons. The zero-order valence-corrected chi connectivity index (χ0v) is 12.2. The molecule has 1 saturated carbocycles. The quantitative estimate of drug-likeness (QED) is 0.696. The Morgan fingerprint density at radius 2 is 1.89 bits per heavy atom. The van der Waals surface area contributed by atoms with Gasteiger partial charge in [-0.15, -0.1) is 0 Å². The Balaban J connectivity index is 1.97. The molecule has 1 atom stereocenters. The summed E-state index contributed by atoms with van der Waals surface area (Å²) < 4.78 is 16.8. The van der Waals surface area contributed by atoms with Gasteiger partial charge < -0.3 is 14.2 Å². The largest absolute Gasteiger partial charge is 0.375 e. The highest BCUT2D eigenvalue weighted by Crippen LogP contribution is 2.42. The molecule has 4 heteroatoms. The maximum absolute atomic E-state index is 12.5. The summed E-state index contributed by atoms with van der Waals surface area (Å²) in [6.45, 7) is 5.49. The topological polar surface area (TPSA) is 44.8 Å². The van der Waals surface area contributed by atoms with Crippen molar-refractivity contribution < 1.29 is 19.0 Å². The summed E-state index contributed by atoms with van der Waals surface area (Å²) in [6.07, 6.45) is 5.62. The van der Waals surface area contributed by atoms with Gasteiger partial charge >= 0.3 is 0 Å². The van der Waals surface area contributed by atoms with E-state index in [1.165, 1.54) is 12.8 Å². The normalized spacial score (nSPS) is 26.2. The lowest BCUT2D eigenvalue weighted by molar-refractivity contribution is -0.179. The Bertz CT molecular complexity index is 291. The maximum atomic E-state index is 12.5. The van der Waals surface area contributed by atoms with Crippen molar-refractivity contribution in [3.05, 3.63) is 0 Å². The van der Waals surface area contributed by atoms with Crippen molar-refractivity contribution in [2.24, 2.45) is 5.92 Å². The first-order valence-corrected chi connectivity index (χ1v) is 7.61. The Morgan fingerprint density at radius 1 is 1.26 bits per heavy atom. The molecule has 2 rings (SSSR count). The third-order valence-electron chi connectivity index (χ3n) is 4.28. The van der Waals surface area contributed by atoms with Gasteiger partial charge in [-0.3, -0.25) is 4.79 Å². The lowest BCUT2D eigenvalue weighted by Gasteiger charge is -2.38. The van der Waals surface area contributed by atoms with E-state index in [9.17, 15) is 4.79 Å². The Morgan fingerprint density at radius 3 is 2.47 bits per heavy atom. The Labute approximate surface area is 115 Å². The summed E-state index contributed by atoms with van der Waals surface area (Å²) in [7, 11) is 0. The smallest absolute Gasteiger partial charge is 0.218 e. The number of carbonyl (C=O) groups is 1. The molecule has 0 bridgehead atoms. The van der Waals surface area contributed by atoms with Crippen LogP contribution in [0, 0.1) is 5.92 Å². The highest BCUT2D eigenvalue weighted by atomic mass is 16.7. The first-order valence-electron chi connectivity index (χ1n) is 7.61. The maximum Gasteiger partial charge on any atom is 0.218 e. The number of hydrogen-bond donors (Lipinski definition) is 0. The van der Waals surface area contributed by atoms with Crippen LogP contribution >= 0.6 is 0 Å². The van der Waals surface area contributed by atoms with Crippen LogP contribution in [-0.2, 0) is 19.0 Å². The zero-order chi connectivity index (χ0) is 13.7. The van der Waals surface area contributed by atoms with Gasteiger partial charge in [0.15, 0.2) is 5.78 Å². The van der Waals surface area contributed by atoms with Gasteiger partial charge in [-0.05, 0) is 39.5 Å². The minimum atomic E-state index is -0.684. The molecule has 1 aliphatic heterocycles. The lowest BCUT2D eigenvalue weighted by atomic mass is 9.82. The molecule has 0 aromatic carbocycles. The van der Waals surface area contributed by atoms with E-state index in [2.05, 4.69) is 0 Å². The predicted octanol–water partition coefficient (Wildman–Crippen LogP) is 2.69. The van der Waals surface area contributed by atoms with E-state index in [-0.39, 0.29) is 17.3 Å². The van der Waals surface area contributed by atoms with Crippen LogP contribution in [0.1, 0.15) is 52.4 Å². The zero-order valence-electron chi connectivity index (χ0n) is 12.2. The fraction of sp³-hybridized carbons (Fsp3) is 0.933. The van der Waals surface area contributed by atoms with Crippen LogP contribution in [0.3, 0.4) is 0 Å². The van der Waals surface area contributed by atoms with Gasteiger partial charge in [0.2, 0.25) is 6.29 Å². The third-order valence-corrected chi connectivity index (χ3v) is 4.28. The molecule has 0 aromatic rings. The molecular weight excluding hydrogens is 244 g/mol. The second kappa shape index (κ2) is 6.82. The molecule has 1 heterocycles. The summed E-state index contributed by atoms with van der Waals surface area (Å²) in [4.78, 5) is 12.5. The highest BCUT2D eigenvalue weighted by molar-refractivity contribution is 5.84. The summed E-state index contributed by atoms with van der Waals surface area (Å²) in [6, 6.07) is 0. The summed E-state index contributed by atoms with van der Waals surface area (Å²) in [5, 5.41) is 0. The third kappa shape index (κ3) is 3.56. The van der Waals surface area contributed by atoms with Crippen molar-refractivity contribution in [1.82, 2.24) is 0 Å². The molecule has 2 aliphatic rings. The van der Waals surface area contributed by atoms with E-state index in [0.717, 1.165) is 25.7 Å². The molecular formula is C15H26O4. The van der Waals surface area contributed by atoms with Gasteiger partial charge in [0.05, 0.1) is 5.60 Å². The molecule has 1 unspecified atom stereocenters. The number of hydrogen-bond acceptors (Lipinski definition) is 4. The van der Waals surface area contributed by atoms with Crippen LogP contribution in [0.5, 0.6) is 0 Å². The van der Waals surface area contributed by atoms with E-state index in [4.69, 9.17) is 14.2 Å². The number of rotatable bonds is 6. The molecule has 19 heavy (non-hydrogen) atoms. The number of Topliss-reactive ketones (excluding diaryl/α,β-unsaturated/α-hetero) is 1. The van der Waals surface area contributed by atoms with Crippen LogP contribution in [0.15, 0.2) is 0 Å². The monoisotopic (exact) mass is 270 g/mol. The van der Waals surface area contributed by atoms with Gasteiger partial charge in [0, 0.05) is 25.7 Å². The van der Waals surface area contributed by atoms with E-state index in [1.54, 1.807) is 0 Å². The molecule has 1 spiro atoms. The van der Waals surface area contributed by atoms with Gasteiger partial charge in [-0.25, -0.2) is 0 Å². The summed E-state index contributed by atoms with van der Waals surface area (Å²) in [5.74, 6) is 0.147. The van der Waals surface area contributed by atoms with Crippen molar-refractivity contribution in [2.75, 3.05) is 19.8 Å². The number of ketones is 1. The van der Waals surface area contributed by atoms with E-state index in [1.807, 2.05) is 13.8 Å². The van der Waals surface area contributed by atoms with Crippen molar-refractivity contribution >= 4 is 5.78 Å². The van der Waals surface area contributed by atoms with E-state index in [0.29, 0.717) is 19.8 Å². The SMILES string of the molecule is CCOC(OCC)C(=O)C1CCOC2(CCCC2)C1. The molecule has 110 valence electrons. The van der Waals surface area contributed by atoms with Gasteiger partial charge in [-0.2, -0.15) is 0 Å². The second-order valence-corrected chi connectivity index (χ2v) is 5.57. The first-order chi connectivity index (χ1) is 9.21. The fourth-order valence-electron chi connectivity index (χ4n) is 3.35. The van der Waals surface area contributed by atoms with E-state index < -0.39 is 6.29 Å². The molecule has 2 fully saturated rings. The Hall–Kier alpha value is -0.450. The molecule has 0 aromatic heterocycles. The Kier molecular flexibility index (Phi) is 5.37. The molecule has 1 aliphatic carbocycles. The summed E-state index contributed by atoms with van der Waals surface area (Å²) >= 11 is 0. The van der Waals surface area contributed by atoms with Gasteiger partial charge in [0.1, 0.15) is 0 Å². The van der Waals surface area contributed by atoms with Crippen molar-refractivity contribution in [3.63, 3.8) is 0 Å². The molecule has 4 nitrogen and oxygen atoms in total. The van der Waals surface area contributed by atoms with Crippen molar-refractivity contribution in [3.8, 4) is 0 Å². The highest BCUT2D eigenvalue weighted by Gasteiger charge is 2.43. The predicted molar refractivity (Wildman–Crippen MR) is 71.9 cm³/mol.